The molecule has 5 heteroatoms. The minimum atomic E-state index is -1.23. The molecule has 3 nitrogen and oxygen atoms in total. The Bertz CT molecular complexity index is 599. The van der Waals surface area contributed by atoms with E-state index in [2.05, 4.69) is 5.32 Å². The maximum Gasteiger partial charge on any atom is 0.335 e. The Balaban J connectivity index is 2.31. The van der Waals surface area contributed by atoms with E-state index in [1.165, 1.54) is 24.3 Å². The van der Waals surface area contributed by atoms with E-state index in [4.69, 9.17) is 5.11 Å². The normalized spacial score (nSPS) is 10.1. The van der Waals surface area contributed by atoms with Crippen LogP contribution in [-0.2, 0) is 0 Å². The highest BCUT2D eigenvalue weighted by atomic mass is 19.1. The van der Waals surface area contributed by atoms with Crippen molar-refractivity contribution < 1.29 is 18.7 Å². The molecule has 2 rings (SSSR count). The number of carboxylic acid groups (broad SMARTS) is 1. The molecule has 2 aromatic rings. The lowest BCUT2D eigenvalue weighted by Gasteiger charge is -2.07. The molecular weight excluding hydrogens is 240 g/mol. The van der Waals surface area contributed by atoms with Gasteiger partial charge in [0.2, 0.25) is 0 Å². The number of anilines is 2. The van der Waals surface area contributed by atoms with E-state index in [1.54, 1.807) is 6.07 Å². The van der Waals surface area contributed by atoms with Gasteiger partial charge in [-0.1, -0.05) is 6.07 Å². The van der Waals surface area contributed by atoms with Crippen molar-refractivity contribution in [3.8, 4) is 0 Å². The van der Waals surface area contributed by atoms with Crippen LogP contribution in [0.2, 0.25) is 0 Å². The number of hydrogen-bond acceptors (Lipinski definition) is 2. The Kier molecular flexibility index (Phi) is 3.23. The predicted molar refractivity (Wildman–Crippen MR) is 63.0 cm³/mol. The fourth-order valence-corrected chi connectivity index (χ4v) is 1.52. The van der Waals surface area contributed by atoms with Crippen LogP contribution >= 0.6 is 0 Å². The first kappa shape index (κ1) is 12.0. The van der Waals surface area contributed by atoms with Gasteiger partial charge in [-0.15, -0.1) is 0 Å². The van der Waals surface area contributed by atoms with Gasteiger partial charge in [-0.05, 0) is 36.4 Å². The smallest absolute Gasteiger partial charge is 0.335 e. The Morgan fingerprint density at radius 2 is 1.72 bits per heavy atom. The zero-order chi connectivity index (χ0) is 13.1. The standard InChI is InChI=1S/C13H9F2NO2/c14-9-2-1-3-11(6-9)16-12-5-8(13(17)18)4-10(15)7-12/h1-7,16H,(H,17,18). The van der Waals surface area contributed by atoms with E-state index in [0.29, 0.717) is 5.69 Å². The van der Waals surface area contributed by atoms with E-state index in [0.717, 1.165) is 12.1 Å². The molecule has 0 bridgehead atoms. The predicted octanol–water partition coefficient (Wildman–Crippen LogP) is 3.41. The number of aromatic carboxylic acids is 1. The van der Waals surface area contributed by atoms with Crippen molar-refractivity contribution in [1.82, 2.24) is 0 Å². The molecule has 18 heavy (non-hydrogen) atoms. The number of hydrogen-bond donors (Lipinski definition) is 2. The van der Waals surface area contributed by atoms with Crippen LogP contribution in [0.1, 0.15) is 10.4 Å². The topological polar surface area (TPSA) is 49.3 Å². The molecule has 0 radical (unpaired) electrons. The molecule has 0 aromatic heterocycles. The molecular formula is C13H9F2NO2. The van der Waals surface area contributed by atoms with Gasteiger partial charge in [0.15, 0.2) is 0 Å². The fourth-order valence-electron chi connectivity index (χ4n) is 1.52. The summed E-state index contributed by atoms with van der Waals surface area (Å²) in [6, 6.07) is 8.92. The first-order valence-electron chi connectivity index (χ1n) is 5.11. The van der Waals surface area contributed by atoms with Crippen molar-refractivity contribution in [2.45, 2.75) is 0 Å². The van der Waals surface area contributed by atoms with Gasteiger partial charge in [-0.3, -0.25) is 0 Å². The highest BCUT2D eigenvalue weighted by Crippen LogP contribution is 2.20. The average Bonchev–Trinajstić information content (AvgIpc) is 2.28. The zero-order valence-corrected chi connectivity index (χ0v) is 9.15. The molecule has 0 spiro atoms. The maximum atomic E-state index is 13.2. The Morgan fingerprint density at radius 1 is 1.00 bits per heavy atom. The van der Waals surface area contributed by atoms with Gasteiger partial charge >= 0.3 is 5.97 Å². The van der Waals surface area contributed by atoms with Crippen molar-refractivity contribution in [2.24, 2.45) is 0 Å². The van der Waals surface area contributed by atoms with Crippen LogP contribution in [-0.4, -0.2) is 11.1 Å². The molecule has 0 fully saturated rings. The summed E-state index contributed by atoms with van der Waals surface area (Å²) in [6.45, 7) is 0. The number of halogens is 2. The minimum Gasteiger partial charge on any atom is -0.478 e. The van der Waals surface area contributed by atoms with E-state index < -0.39 is 17.6 Å². The lowest BCUT2D eigenvalue weighted by atomic mass is 10.2. The maximum absolute atomic E-state index is 13.2. The van der Waals surface area contributed by atoms with E-state index in [-0.39, 0.29) is 11.3 Å². The summed E-state index contributed by atoms with van der Waals surface area (Å²) in [7, 11) is 0. The molecule has 0 aliphatic heterocycles. The summed E-state index contributed by atoms with van der Waals surface area (Å²) in [5.74, 6) is -2.33. The van der Waals surface area contributed by atoms with Gasteiger partial charge in [0.1, 0.15) is 11.6 Å². The largest absolute Gasteiger partial charge is 0.478 e. The lowest BCUT2D eigenvalue weighted by molar-refractivity contribution is 0.0696. The van der Waals surface area contributed by atoms with Gasteiger partial charge in [0.25, 0.3) is 0 Å². The Hall–Kier alpha value is -2.43. The molecule has 2 N–H and O–H groups in total. The molecule has 0 amide bonds. The number of benzene rings is 2. The second kappa shape index (κ2) is 4.83. The van der Waals surface area contributed by atoms with Crippen LogP contribution < -0.4 is 5.32 Å². The monoisotopic (exact) mass is 249 g/mol. The van der Waals surface area contributed by atoms with Crippen LogP contribution in [0.4, 0.5) is 20.2 Å². The third kappa shape index (κ3) is 2.82. The first-order chi connectivity index (χ1) is 8.54. The molecule has 0 unspecified atom stereocenters. The van der Waals surface area contributed by atoms with Gasteiger partial charge in [-0.2, -0.15) is 0 Å². The van der Waals surface area contributed by atoms with Crippen molar-refractivity contribution in [3.05, 3.63) is 59.7 Å². The first-order valence-corrected chi connectivity index (χ1v) is 5.11. The summed E-state index contributed by atoms with van der Waals surface area (Å²) in [6.07, 6.45) is 0. The molecule has 0 heterocycles. The quantitative estimate of drug-likeness (QED) is 0.876. The van der Waals surface area contributed by atoms with Crippen molar-refractivity contribution in [1.29, 1.82) is 0 Å². The summed E-state index contributed by atoms with van der Waals surface area (Å²) in [5, 5.41) is 11.5. The summed E-state index contributed by atoms with van der Waals surface area (Å²) < 4.78 is 26.1. The minimum absolute atomic E-state index is 0.172. The highest BCUT2D eigenvalue weighted by molar-refractivity contribution is 5.89. The number of rotatable bonds is 3. The average molecular weight is 249 g/mol. The van der Waals surface area contributed by atoms with E-state index in [9.17, 15) is 13.6 Å². The Morgan fingerprint density at radius 3 is 2.39 bits per heavy atom. The second-order valence-electron chi connectivity index (χ2n) is 3.67. The summed E-state index contributed by atoms with van der Waals surface area (Å²) >= 11 is 0. The van der Waals surface area contributed by atoms with Crippen molar-refractivity contribution in [2.75, 3.05) is 5.32 Å². The molecule has 0 aliphatic carbocycles. The van der Waals surface area contributed by atoms with Crippen molar-refractivity contribution >= 4 is 17.3 Å². The lowest BCUT2D eigenvalue weighted by Crippen LogP contribution is -1.99. The van der Waals surface area contributed by atoms with Crippen LogP contribution in [0.5, 0.6) is 0 Å². The highest BCUT2D eigenvalue weighted by Gasteiger charge is 2.07. The van der Waals surface area contributed by atoms with Crippen LogP contribution in [0, 0.1) is 11.6 Å². The Labute approximate surface area is 102 Å². The molecule has 0 saturated carbocycles. The molecule has 0 aliphatic rings. The van der Waals surface area contributed by atoms with Gasteiger partial charge in [0.05, 0.1) is 5.56 Å². The third-order valence-corrected chi connectivity index (χ3v) is 2.26. The number of nitrogens with one attached hydrogen (secondary N) is 1. The molecule has 0 atom stereocenters. The molecule has 0 saturated heterocycles. The van der Waals surface area contributed by atoms with Gasteiger partial charge in [0, 0.05) is 11.4 Å². The third-order valence-electron chi connectivity index (χ3n) is 2.26. The fraction of sp³-hybridized carbons (Fsp3) is 0. The van der Waals surface area contributed by atoms with Crippen LogP contribution in [0.3, 0.4) is 0 Å². The number of carbonyl (C=O) groups is 1. The SMILES string of the molecule is O=C(O)c1cc(F)cc(Nc2cccc(F)c2)c1. The van der Waals surface area contributed by atoms with E-state index >= 15 is 0 Å². The van der Waals surface area contributed by atoms with Crippen LogP contribution in [0.15, 0.2) is 42.5 Å². The van der Waals surface area contributed by atoms with E-state index in [1.807, 2.05) is 0 Å². The number of carboxylic acids is 1. The second-order valence-corrected chi connectivity index (χ2v) is 3.67. The zero-order valence-electron chi connectivity index (χ0n) is 9.15. The van der Waals surface area contributed by atoms with Gasteiger partial charge < -0.3 is 10.4 Å². The summed E-state index contributed by atoms with van der Waals surface area (Å²) in [4.78, 5) is 10.8. The van der Waals surface area contributed by atoms with Gasteiger partial charge in [-0.25, -0.2) is 13.6 Å². The molecule has 2 aromatic carbocycles. The molecule has 92 valence electrons. The summed E-state index contributed by atoms with van der Waals surface area (Å²) in [5.41, 5.74) is 0.490. The van der Waals surface area contributed by atoms with Crippen LogP contribution in [0.25, 0.3) is 0 Å². The van der Waals surface area contributed by atoms with Crippen molar-refractivity contribution in [3.63, 3.8) is 0 Å².